The van der Waals surface area contributed by atoms with E-state index in [1.165, 1.54) is 0 Å². The van der Waals surface area contributed by atoms with E-state index in [0.29, 0.717) is 23.5 Å². The number of rotatable bonds is 4. The number of benzene rings is 1. The van der Waals surface area contributed by atoms with E-state index in [-0.39, 0.29) is 5.91 Å². The molecule has 6 heteroatoms. The molecule has 1 amide bonds. The second-order valence-corrected chi connectivity index (χ2v) is 4.93. The van der Waals surface area contributed by atoms with Gasteiger partial charge in [-0.1, -0.05) is 0 Å². The Kier molecular flexibility index (Phi) is 3.22. The molecule has 6 nitrogen and oxygen atoms in total. The van der Waals surface area contributed by atoms with Crippen LogP contribution in [0.15, 0.2) is 23.2 Å². The number of nitrogens with one attached hydrogen (secondary N) is 2. The zero-order chi connectivity index (χ0) is 14.1. The molecule has 1 aromatic carbocycles. The SMILES string of the molecule is COc1cc(OC)cc(C2N=C(NC3CC3)NC2=O)c1. The van der Waals surface area contributed by atoms with E-state index in [1.54, 1.807) is 32.4 Å². The molecule has 3 rings (SSSR count). The van der Waals surface area contributed by atoms with Crippen LogP contribution >= 0.6 is 0 Å². The van der Waals surface area contributed by atoms with Crippen LogP contribution in [0.5, 0.6) is 11.5 Å². The van der Waals surface area contributed by atoms with E-state index >= 15 is 0 Å². The third-order valence-electron chi connectivity index (χ3n) is 3.36. The standard InChI is InChI=1S/C14H17N3O3/c1-19-10-5-8(6-11(7-10)20-2)12-13(18)17-14(16-12)15-9-3-4-9/h5-7,9,12H,3-4H2,1-2H3,(H2,15,16,17,18). The average molecular weight is 275 g/mol. The van der Waals surface area contributed by atoms with Gasteiger partial charge in [-0.15, -0.1) is 0 Å². The number of ether oxygens (including phenoxy) is 2. The second-order valence-electron chi connectivity index (χ2n) is 4.93. The second kappa shape index (κ2) is 5.03. The largest absolute Gasteiger partial charge is 0.497 e. The molecular formula is C14H17N3O3. The molecule has 0 saturated heterocycles. The lowest BCUT2D eigenvalue weighted by Gasteiger charge is -2.10. The van der Waals surface area contributed by atoms with Gasteiger partial charge in [0.15, 0.2) is 12.0 Å². The molecule has 1 unspecified atom stereocenters. The van der Waals surface area contributed by atoms with Crippen molar-refractivity contribution in [3.8, 4) is 11.5 Å². The number of nitrogens with zero attached hydrogens (tertiary/aromatic N) is 1. The lowest BCUT2D eigenvalue weighted by atomic mass is 10.1. The van der Waals surface area contributed by atoms with Gasteiger partial charge >= 0.3 is 0 Å². The van der Waals surface area contributed by atoms with E-state index in [1.807, 2.05) is 0 Å². The van der Waals surface area contributed by atoms with Gasteiger partial charge in [0.1, 0.15) is 11.5 Å². The zero-order valence-corrected chi connectivity index (χ0v) is 11.5. The molecule has 1 aliphatic carbocycles. The maximum absolute atomic E-state index is 12.0. The van der Waals surface area contributed by atoms with Crippen molar-refractivity contribution in [2.75, 3.05) is 14.2 Å². The first kappa shape index (κ1) is 12.8. The summed E-state index contributed by atoms with van der Waals surface area (Å²) in [5, 5.41) is 5.96. The van der Waals surface area contributed by atoms with Crippen molar-refractivity contribution >= 4 is 11.9 Å². The fraction of sp³-hybridized carbons (Fsp3) is 0.429. The summed E-state index contributed by atoms with van der Waals surface area (Å²) in [4.78, 5) is 16.4. The Balaban J connectivity index is 1.86. The van der Waals surface area contributed by atoms with Crippen molar-refractivity contribution < 1.29 is 14.3 Å². The van der Waals surface area contributed by atoms with Gasteiger partial charge in [-0.3, -0.25) is 10.1 Å². The number of amides is 1. The number of carbonyl (C=O) groups excluding carboxylic acids is 1. The van der Waals surface area contributed by atoms with E-state index < -0.39 is 6.04 Å². The van der Waals surface area contributed by atoms with Crippen LogP contribution in [0.2, 0.25) is 0 Å². The summed E-state index contributed by atoms with van der Waals surface area (Å²) in [6, 6.07) is 5.27. The van der Waals surface area contributed by atoms with Gasteiger partial charge in [-0.2, -0.15) is 0 Å². The summed E-state index contributed by atoms with van der Waals surface area (Å²) in [6.07, 6.45) is 2.26. The average Bonchev–Trinajstić information content (AvgIpc) is 3.20. The first-order valence-electron chi connectivity index (χ1n) is 6.58. The Morgan fingerprint density at radius 2 is 1.85 bits per heavy atom. The Morgan fingerprint density at radius 3 is 2.40 bits per heavy atom. The summed E-state index contributed by atoms with van der Waals surface area (Å²) in [5.74, 6) is 1.71. The summed E-state index contributed by atoms with van der Waals surface area (Å²) in [5.41, 5.74) is 0.756. The monoisotopic (exact) mass is 275 g/mol. The number of hydrogen-bond donors (Lipinski definition) is 2. The molecule has 2 N–H and O–H groups in total. The van der Waals surface area contributed by atoms with Gasteiger partial charge in [0, 0.05) is 12.1 Å². The Labute approximate surface area is 117 Å². The maximum atomic E-state index is 12.0. The van der Waals surface area contributed by atoms with Gasteiger partial charge in [0.2, 0.25) is 0 Å². The Bertz CT molecular complexity index is 545. The number of hydrogen-bond acceptors (Lipinski definition) is 5. The molecule has 1 heterocycles. The normalized spacial score (nSPS) is 21.2. The van der Waals surface area contributed by atoms with Crippen molar-refractivity contribution in [2.45, 2.75) is 24.9 Å². The van der Waals surface area contributed by atoms with Crippen molar-refractivity contribution in [1.82, 2.24) is 10.6 Å². The predicted octanol–water partition coefficient (Wildman–Crippen LogP) is 0.983. The highest BCUT2D eigenvalue weighted by Crippen LogP contribution is 2.30. The molecule has 1 fully saturated rings. The molecule has 1 saturated carbocycles. The van der Waals surface area contributed by atoms with Crippen LogP contribution in [0.4, 0.5) is 0 Å². The molecule has 1 aromatic rings. The first-order valence-corrected chi connectivity index (χ1v) is 6.58. The molecule has 0 aromatic heterocycles. The van der Waals surface area contributed by atoms with E-state index in [4.69, 9.17) is 9.47 Å². The number of methoxy groups -OCH3 is 2. The topological polar surface area (TPSA) is 72.0 Å². The van der Waals surface area contributed by atoms with Crippen LogP contribution in [0, 0.1) is 0 Å². The zero-order valence-electron chi connectivity index (χ0n) is 11.5. The summed E-state index contributed by atoms with van der Waals surface area (Å²) in [7, 11) is 3.16. The number of aliphatic imine (C=N–C) groups is 1. The number of guanidine groups is 1. The lowest BCUT2D eigenvalue weighted by molar-refractivity contribution is -0.120. The summed E-state index contributed by atoms with van der Waals surface area (Å²) >= 11 is 0. The van der Waals surface area contributed by atoms with E-state index in [0.717, 1.165) is 18.4 Å². The van der Waals surface area contributed by atoms with Gasteiger partial charge in [0.05, 0.1) is 14.2 Å². The van der Waals surface area contributed by atoms with Gasteiger partial charge in [-0.25, -0.2) is 4.99 Å². The highest BCUT2D eigenvalue weighted by molar-refractivity contribution is 6.05. The van der Waals surface area contributed by atoms with Crippen molar-refractivity contribution in [2.24, 2.45) is 4.99 Å². The fourth-order valence-electron chi connectivity index (χ4n) is 2.11. The van der Waals surface area contributed by atoms with Crippen molar-refractivity contribution in [3.05, 3.63) is 23.8 Å². The van der Waals surface area contributed by atoms with Gasteiger partial charge in [-0.05, 0) is 30.5 Å². The highest BCUT2D eigenvalue weighted by atomic mass is 16.5. The maximum Gasteiger partial charge on any atom is 0.256 e. The molecule has 0 bridgehead atoms. The highest BCUT2D eigenvalue weighted by Gasteiger charge is 2.31. The van der Waals surface area contributed by atoms with Crippen molar-refractivity contribution in [1.29, 1.82) is 0 Å². The molecule has 2 aliphatic rings. The van der Waals surface area contributed by atoms with Gasteiger partial charge < -0.3 is 14.8 Å². The third kappa shape index (κ3) is 2.54. The minimum Gasteiger partial charge on any atom is -0.497 e. The lowest BCUT2D eigenvalue weighted by Crippen LogP contribution is -2.37. The molecule has 106 valence electrons. The molecule has 0 radical (unpaired) electrons. The quantitative estimate of drug-likeness (QED) is 0.859. The minimum atomic E-state index is -0.555. The Morgan fingerprint density at radius 1 is 1.20 bits per heavy atom. The Hall–Kier alpha value is -2.24. The van der Waals surface area contributed by atoms with Crippen LogP contribution in [-0.2, 0) is 4.79 Å². The molecule has 1 atom stereocenters. The number of carbonyl (C=O) groups is 1. The molecular weight excluding hydrogens is 258 g/mol. The third-order valence-corrected chi connectivity index (χ3v) is 3.36. The van der Waals surface area contributed by atoms with Crippen molar-refractivity contribution in [3.63, 3.8) is 0 Å². The first-order chi connectivity index (χ1) is 9.69. The van der Waals surface area contributed by atoms with Crippen LogP contribution in [-0.4, -0.2) is 32.1 Å². The molecule has 20 heavy (non-hydrogen) atoms. The fourth-order valence-corrected chi connectivity index (χ4v) is 2.11. The minimum absolute atomic E-state index is 0.136. The van der Waals surface area contributed by atoms with Gasteiger partial charge in [0.25, 0.3) is 5.91 Å². The molecule has 0 spiro atoms. The van der Waals surface area contributed by atoms with E-state index in [2.05, 4.69) is 15.6 Å². The summed E-state index contributed by atoms with van der Waals surface area (Å²) in [6.45, 7) is 0. The van der Waals surface area contributed by atoms with Crippen LogP contribution in [0.3, 0.4) is 0 Å². The summed E-state index contributed by atoms with van der Waals surface area (Å²) < 4.78 is 10.4. The molecule has 1 aliphatic heterocycles. The van der Waals surface area contributed by atoms with E-state index in [9.17, 15) is 4.79 Å². The smallest absolute Gasteiger partial charge is 0.256 e. The van der Waals surface area contributed by atoms with Crippen LogP contribution in [0.1, 0.15) is 24.4 Å². The van der Waals surface area contributed by atoms with Crippen LogP contribution < -0.4 is 20.1 Å². The predicted molar refractivity (Wildman–Crippen MR) is 74.0 cm³/mol. The van der Waals surface area contributed by atoms with Crippen LogP contribution in [0.25, 0.3) is 0 Å².